The molecule has 39 heavy (non-hydrogen) atoms. The second kappa shape index (κ2) is 11.4. The van der Waals surface area contributed by atoms with Crippen LogP contribution in [-0.2, 0) is 21.1 Å². The molecule has 2 aliphatic rings. The van der Waals surface area contributed by atoms with Crippen molar-refractivity contribution in [3.63, 3.8) is 0 Å². The molecule has 2 fully saturated rings. The molecule has 0 radical (unpaired) electrons. The number of halogens is 3. The normalized spacial score (nSPS) is 20.3. The number of hydrogen-bond acceptors (Lipinski definition) is 6. The molecule has 1 heterocycles. The Hall–Kier alpha value is -3.34. The first kappa shape index (κ1) is 28.7. The van der Waals surface area contributed by atoms with Crippen molar-refractivity contribution >= 4 is 23.0 Å². The molecule has 0 bridgehead atoms. The second-order valence-electron chi connectivity index (χ2n) is 11.2. The van der Waals surface area contributed by atoms with Crippen LogP contribution in [0.5, 0.6) is 0 Å². The SMILES string of the molecule is CC(C)(C)c1ccc(N2CCN(C(=O)CO[C@@H]3CCC(Nc4ccc([N+](=O)[O-])c(C(F)(F)F)c4)C3)CC2)cc1. The smallest absolute Gasteiger partial charge is 0.382 e. The number of benzene rings is 2. The number of carbonyl (C=O) groups is 1. The van der Waals surface area contributed by atoms with Gasteiger partial charge in [0.05, 0.1) is 11.0 Å². The predicted octanol–water partition coefficient (Wildman–Crippen LogP) is 5.61. The van der Waals surface area contributed by atoms with E-state index in [2.05, 4.69) is 55.3 Å². The number of nitro groups is 1. The highest BCUT2D eigenvalue weighted by Crippen LogP contribution is 2.38. The van der Waals surface area contributed by atoms with Crippen molar-refractivity contribution in [2.75, 3.05) is 43.0 Å². The maximum atomic E-state index is 13.3. The number of carbonyl (C=O) groups excluding carboxylic acids is 1. The van der Waals surface area contributed by atoms with Crippen LogP contribution < -0.4 is 10.2 Å². The maximum absolute atomic E-state index is 13.3. The summed E-state index contributed by atoms with van der Waals surface area (Å²) in [5, 5.41) is 14.0. The van der Waals surface area contributed by atoms with Crippen LogP contribution in [0, 0.1) is 10.1 Å². The zero-order valence-corrected chi connectivity index (χ0v) is 22.5. The van der Waals surface area contributed by atoms with Gasteiger partial charge in [-0.3, -0.25) is 14.9 Å². The van der Waals surface area contributed by atoms with Gasteiger partial charge in [-0.1, -0.05) is 32.9 Å². The van der Waals surface area contributed by atoms with E-state index < -0.39 is 22.4 Å². The first-order valence-corrected chi connectivity index (χ1v) is 13.2. The minimum atomic E-state index is -4.83. The summed E-state index contributed by atoms with van der Waals surface area (Å²) < 4.78 is 45.6. The number of hydrogen-bond donors (Lipinski definition) is 1. The first-order chi connectivity index (χ1) is 18.3. The fraction of sp³-hybridized carbons (Fsp3) is 0.536. The van der Waals surface area contributed by atoms with E-state index in [0.717, 1.165) is 30.9 Å². The van der Waals surface area contributed by atoms with Crippen LogP contribution >= 0.6 is 0 Å². The Labute approximate surface area is 226 Å². The summed E-state index contributed by atoms with van der Waals surface area (Å²) in [6.07, 6.45) is -3.16. The zero-order valence-electron chi connectivity index (χ0n) is 22.5. The van der Waals surface area contributed by atoms with Crippen molar-refractivity contribution < 1.29 is 27.6 Å². The van der Waals surface area contributed by atoms with Gasteiger partial charge in [0.25, 0.3) is 5.69 Å². The van der Waals surface area contributed by atoms with Crippen molar-refractivity contribution in [2.24, 2.45) is 0 Å². The van der Waals surface area contributed by atoms with E-state index in [1.807, 2.05) is 0 Å². The molecule has 0 spiro atoms. The Bertz CT molecular complexity index is 1170. The number of piperazine rings is 1. The van der Waals surface area contributed by atoms with Crippen molar-refractivity contribution in [1.29, 1.82) is 0 Å². The average molecular weight is 549 g/mol. The molecule has 1 amide bonds. The third kappa shape index (κ3) is 7.20. The molecule has 4 rings (SSSR count). The number of rotatable bonds is 7. The predicted molar refractivity (Wildman–Crippen MR) is 143 cm³/mol. The van der Waals surface area contributed by atoms with Crippen LogP contribution in [0.15, 0.2) is 42.5 Å². The van der Waals surface area contributed by atoms with Crippen LogP contribution in [0.4, 0.5) is 30.2 Å². The topological polar surface area (TPSA) is 88.0 Å². The molecule has 8 nitrogen and oxygen atoms in total. The first-order valence-electron chi connectivity index (χ1n) is 13.2. The monoisotopic (exact) mass is 548 g/mol. The molecular weight excluding hydrogens is 513 g/mol. The van der Waals surface area contributed by atoms with E-state index in [1.54, 1.807) is 4.90 Å². The van der Waals surface area contributed by atoms with Gasteiger partial charge in [-0.25, -0.2) is 0 Å². The molecule has 11 heteroatoms. The van der Waals surface area contributed by atoms with Gasteiger partial charge in [-0.2, -0.15) is 13.2 Å². The zero-order chi connectivity index (χ0) is 28.4. The van der Waals surface area contributed by atoms with Crippen molar-refractivity contribution in [2.45, 2.75) is 63.8 Å². The molecule has 0 aromatic heterocycles. The van der Waals surface area contributed by atoms with Crippen molar-refractivity contribution in [3.05, 3.63) is 63.7 Å². The lowest BCUT2D eigenvalue weighted by atomic mass is 9.87. The van der Waals surface area contributed by atoms with Gasteiger partial charge in [-0.05, 0) is 54.5 Å². The summed E-state index contributed by atoms with van der Waals surface area (Å²) in [5.74, 6) is -0.0701. The largest absolute Gasteiger partial charge is 0.423 e. The second-order valence-corrected chi connectivity index (χ2v) is 11.2. The van der Waals surface area contributed by atoms with Gasteiger partial charge in [0.15, 0.2) is 0 Å². The number of amides is 1. The molecule has 2 aromatic rings. The Morgan fingerprint density at radius 3 is 2.31 bits per heavy atom. The lowest BCUT2D eigenvalue weighted by molar-refractivity contribution is -0.388. The van der Waals surface area contributed by atoms with Gasteiger partial charge in [0.1, 0.15) is 12.2 Å². The fourth-order valence-electron chi connectivity index (χ4n) is 5.14. The standard InChI is InChI=1S/C28H35F3N4O4/c1-27(2,3)19-4-8-22(9-5-19)33-12-14-34(15-13-33)26(36)18-39-23-10-6-20(16-23)32-21-7-11-25(35(37)38)24(17-21)28(29,30)31/h4-5,7-9,11,17,20,23,32H,6,10,12-16,18H2,1-3H3/t20?,23-/m1/s1. The van der Waals surface area contributed by atoms with Gasteiger partial charge in [0, 0.05) is 49.7 Å². The Balaban J connectivity index is 1.22. The van der Waals surface area contributed by atoms with Crippen LogP contribution in [0.3, 0.4) is 0 Å². The van der Waals surface area contributed by atoms with Crippen LogP contribution in [0.2, 0.25) is 0 Å². The van der Waals surface area contributed by atoms with E-state index in [0.29, 0.717) is 32.4 Å². The lowest BCUT2D eigenvalue weighted by Crippen LogP contribution is -2.50. The van der Waals surface area contributed by atoms with Crippen LogP contribution in [0.1, 0.15) is 51.2 Å². The summed E-state index contributed by atoms with van der Waals surface area (Å²) in [6, 6.07) is 11.3. The number of alkyl halides is 3. The number of nitrogens with zero attached hydrogens (tertiary/aromatic N) is 3. The van der Waals surface area contributed by atoms with E-state index >= 15 is 0 Å². The third-order valence-corrected chi connectivity index (χ3v) is 7.43. The molecule has 1 unspecified atom stereocenters. The van der Waals surface area contributed by atoms with Crippen molar-refractivity contribution in [1.82, 2.24) is 4.90 Å². The van der Waals surface area contributed by atoms with E-state index in [-0.39, 0.29) is 35.8 Å². The van der Waals surface area contributed by atoms with Gasteiger partial charge in [0.2, 0.25) is 5.91 Å². The molecule has 1 N–H and O–H groups in total. The Kier molecular flexibility index (Phi) is 8.39. The number of ether oxygens (including phenoxy) is 1. The van der Waals surface area contributed by atoms with Gasteiger partial charge >= 0.3 is 6.18 Å². The summed E-state index contributed by atoms with van der Waals surface area (Å²) in [7, 11) is 0. The highest BCUT2D eigenvalue weighted by atomic mass is 19.4. The van der Waals surface area contributed by atoms with Gasteiger partial charge < -0.3 is 19.9 Å². The molecule has 1 saturated carbocycles. The Morgan fingerprint density at radius 1 is 1.05 bits per heavy atom. The minimum absolute atomic E-state index is 0.0343. The molecule has 2 aromatic carbocycles. The van der Waals surface area contributed by atoms with Crippen molar-refractivity contribution in [3.8, 4) is 0 Å². The Morgan fingerprint density at radius 2 is 1.72 bits per heavy atom. The fourth-order valence-corrected chi connectivity index (χ4v) is 5.14. The molecule has 1 aliphatic heterocycles. The number of anilines is 2. The quantitative estimate of drug-likeness (QED) is 0.358. The number of nitrogens with one attached hydrogen (secondary N) is 1. The molecule has 1 saturated heterocycles. The molecule has 212 valence electrons. The molecule has 2 atom stereocenters. The van der Waals surface area contributed by atoms with E-state index in [1.165, 1.54) is 11.6 Å². The maximum Gasteiger partial charge on any atom is 0.423 e. The average Bonchev–Trinajstić information content (AvgIpc) is 3.33. The van der Waals surface area contributed by atoms with E-state index in [4.69, 9.17) is 4.74 Å². The van der Waals surface area contributed by atoms with E-state index in [9.17, 15) is 28.1 Å². The summed E-state index contributed by atoms with van der Waals surface area (Å²) in [6.45, 7) is 9.22. The van der Waals surface area contributed by atoms with Crippen LogP contribution in [0.25, 0.3) is 0 Å². The highest BCUT2D eigenvalue weighted by molar-refractivity contribution is 5.77. The number of nitro benzene ring substituents is 1. The minimum Gasteiger partial charge on any atom is -0.382 e. The summed E-state index contributed by atoms with van der Waals surface area (Å²) in [5.41, 5.74) is 0.432. The van der Waals surface area contributed by atoms with Gasteiger partial charge in [-0.15, -0.1) is 0 Å². The molecule has 1 aliphatic carbocycles. The summed E-state index contributed by atoms with van der Waals surface area (Å²) >= 11 is 0. The highest BCUT2D eigenvalue weighted by Gasteiger charge is 2.38. The third-order valence-electron chi connectivity index (χ3n) is 7.43. The van der Waals surface area contributed by atoms with Crippen LogP contribution in [-0.4, -0.2) is 60.7 Å². The summed E-state index contributed by atoms with van der Waals surface area (Å²) in [4.78, 5) is 26.8. The molecular formula is C28H35F3N4O4. The lowest BCUT2D eigenvalue weighted by Gasteiger charge is -2.36.